The van der Waals surface area contributed by atoms with Gasteiger partial charge in [0.05, 0.1) is 7.11 Å². The van der Waals surface area contributed by atoms with E-state index < -0.39 is 36.3 Å². The van der Waals surface area contributed by atoms with Crippen molar-refractivity contribution in [3.63, 3.8) is 0 Å². The Balaban J connectivity index is 1.56. The van der Waals surface area contributed by atoms with Crippen LogP contribution in [-0.4, -0.2) is 49.9 Å². The number of Topliss-reactive ketones (excluding diaryl/α,β-unsaturated/α-hetero) is 1. The average molecular weight is 532 g/mol. The van der Waals surface area contributed by atoms with E-state index in [0.717, 1.165) is 22.3 Å². The summed E-state index contributed by atoms with van der Waals surface area (Å²) in [4.78, 5) is 50.3. The van der Waals surface area contributed by atoms with Gasteiger partial charge in [-0.3, -0.25) is 14.4 Å². The average Bonchev–Trinajstić information content (AvgIpc) is 2.96. The molecule has 1 unspecified atom stereocenters. The lowest BCUT2D eigenvalue weighted by atomic mass is 10.0. The molecule has 0 radical (unpaired) electrons. The molecule has 0 saturated heterocycles. The molecule has 0 aliphatic rings. The molecule has 0 spiro atoms. The molecule has 0 aromatic heterocycles. The van der Waals surface area contributed by atoms with E-state index in [2.05, 4.69) is 16.0 Å². The zero-order chi connectivity index (χ0) is 28.0. The highest BCUT2D eigenvalue weighted by molar-refractivity contribution is 6.38. The molecule has 0 bridgehead atoms. The third kappa shape index (κ3) is 9.62. The molecule has 9 heteroatoms. The van der Waals surface area contributed by atoms with E-state index in [1.807, 2.05) is 49.4 Å². The van der Waals surface area contributed by atoms with Crippen molar-refractivity contribution in [2.45, 2.75) is 32.4 Å². The van der Waals surface area contributed by atoms with Crippen LogP contribution >= 0.6 is 0 Å². The predicted octanol–water partition coefficient (Wildman–Crippen LogP) is 2.89. The van der Waals surface area contributed by atoms with Gasteiger partial charge in [0.15, 0.2) is 0 Å². The van der Waals surface area contributed by atoms with Gasteiger partial charge in [0.25, 0.3) is 5.91 Å². The minimum atomic E-state index is -1.13. The molecule has 0 aliphatic heterocycles. The van der Waals surface area contributed by atoms with Crippen molar-refractivity contribution < 1.29 is 28.7 Å². The highest BCUT2D eigenvalue weighted by Crippen LogP contribution is 2.13. The zero-order valence-corrected chi connectivity index (χ0v) is 22.1. The second kappa shape index (κ2) is 14.9. The van der Waals surface area contributed by atoms with Crippen LogP contribution in [-0.2, 0) is 38.6 Å². The number of carbonyl (C=O) groups is 4. The summed E-state index contributed by atoms with van der Waals surface area (Å²) in [6.07, 6.45) is -0.130. The number of nitrogens with one attached hydrogen (secondary N) is 3. The first-order chi connectivity index (χ1) is 18.9. The summed E-state index contributed by atoms with van der Waals surface area (Å²) in [5.74, 6) is -1.57. The van der Waals surface area contributed by atoms with Crippen LogP contribution in [0.3, 0.4) is 0 Å². The molecule has 3 N–H and O–H groups in total. The summed E-state index contributed by atoms with van der Waals surface area (Å²) < 4.78 is 10.3. The number of hydrogen-bond donors (Lipinski definition) is 3. The maximum absolute atomic E-state index is 13.0. The Hall–Kier alpha value is -4.66. The van der Waals surface area contributed by atoms with Crippen molar-refractivity contribution in [3.8, 4) is 5.75 Å². The number of aryl methyl sites for hydroxylation is 1. The van der Waals surface area contributed by atoms with Gasteiger partial charge in [-0.1, -0.05) is 66.7 Å². The fourth-order valence-electron chi connectivity index (χ4n) is 3.83. The van der Waals surface area contributed by atoms with Gasteiger partial charge in [0.1, 0.15) is 24.9 Å². The molecule has 1 atom stereocenters. The number of alkyl carbamates (subject to hydrolysis) is 1. The topological polar surface area (TPSA) is 123 Å². The second-order valence-electron chi connectivity index (χ2n) is 8.88. The van der Waals surface area contributed by atoms with Gasteiger partial charge in [0.2, 0.25) is 11.7 Å². The number of amides is 3. The lowest BCUT2D eigenvalue weighted by Crippen LogP contribution is -2.51. The Morgan fingerprint density at radius 3 is 2.21 bits per heavy atom. The van der Waals surface area contributed by atoms with Crippen LogP contribution in [0.4, 0.5) is 4.79 Å². The fourth-order valence-corrected chi connectivity index (χ4v) is 3.83. The molecule has 3 amide bonds. The van der Waals surface area contributed by atoms with Crippen LogP contribution in [0.15, 0.2) is 78.9 Å². The maximum Gasteiger partial charge on any atom is 0.407 e. The van der Waals surface area contributed by atoms with E-state index in [9.17, 15) is 19.2 Å². The Kier molecular flexibility index (Phi) is 11.1. The molecule has 204 valence electrons. The quantitative estimate of drug-likeness (QED) is 0.292. The van der Waals surface area contributed by atoms with E-state index in [4.69, 9.17) is 9.47 Å². The fraction of sp³-hybridized carbons (Fsp3) is 0.267. The van der Waals surface area contributed by atoms with Crippen LogP contribution in [0, 0.1) is 6.92 Å². The first-order valence-corrected chi connectivity index (χ1v) is 12.6. The largest absolute Gasteiger partial charge is 0.497 e. The normalized spacial score (nSPS) is 11.1. The summed E-state index contributed by atoms with van der Waals surface area (Å²) in [5.41, 5.74) is 3.68. The van der Waals surface area contributed by atoms with E-state index in [0.29, 0.717) is 12.2 Å². The van der Waals surface area contributed by atoms with Gasteiger partial charge in [-0.25, -0.2) is 4.79 Å². The van der Waals surface area contributed by atoms with Gasteiger partial charge in [-0.05, 0) is 47.7 Å². The van der Waals surface area contributed by atoms with Crippen LogP contribution in [0.2, 0.25) is 0 Å². The summed E-state index contributed by atoms with van der Waals surface area (Å²) >= 11 is 0. The Morgan fingerprint density at radius 1 is 0.821 bits per heavy atom. The van der Waals surface area contributed by atoms with Crippen LogP contribution in [0.25, 0.3) is 0 Å². The number of ether oxygens (including phenoxy) is 2. The number of hydrogen-bond acceptors (Lipinski definition) is 6. The van der Waals surface area contributed by atoms with Gasteiger partial charge in [-0.2, -0.15) is 0 Å². The number of carbonyl (C=O) groups excluding carboxylic acids is 4. The van der Waals surface area contributed by atoms with Gasteiger partial charge >= 0.3 is 6.09 Å². The molecule has 3 aromatic rings. The first-order valence-electron chi connectivity index (χ1n) is 12.6. The van der Waals surface area contributed by atoms with Gasteiger partial charge in [0, 0.05) is 13.0 Å². The molecule has 0 heterocycles. The van der Waals surface area contributed by atoms with Crippen LogP contribution in [0.1, 0.15) is 22.3 Å². The molecular weight excluding hydrogens is 498 g/mol. The zero-order valence-electron chi connectivity index (χ0n) is 22.1. The van der Waals surface area contributed by atoms with Crippen molar-refractivity contribution in [2.75, 3.05) is 20.2 Å². The monoisotopic (exact) mass is 531 g/mol. The third-order valence-corrected chi connectivity index (χ3v) is 6.02. The highest BCUT2D eigenvalue weighted by atomic mass is 16.5. The molecule has 3 rings (SSSR count). The Labute approximate surface area is 227 Å². The molecule has 39 heavy (non-hydrogen) atoms. The number of rotatable bonds is 13. The van der Waals surface area contributed by atoms with E-state index >= 15 is 0 Å². The van der Waals surface area contributed by atoms with Gasteiger partial charge < -0.3 is 25.4 Å². The molecule has 9 nitrogen and oxygen atoms in total. The Morgan fingerprint density at radius 2 is 1.51 bits per heavy atom. The van der Waals surface area contributed by atoms with Gasteiger partial charge in [-0.15, -0.1) is 0 Å². The second-order valence-corrected chi connectivity index (χ2v) is 8.88. The van der Waals surface area contributed by atoms with Crippen molar-refractivity contribution in [2.24, 2.45) is 0 Å². The summed E-state index contributed by atoms with van der Waals surface area (Å²) in [5, 5.41) is 7.58. The highest BCUT2D eigenvalue weighted by Gasteiger charge is 2.27. The predicted molar refractivity (Wildman–Crippen MR) is 146 cm³/mol. The van der Waals surface area contributed by atoms with Crippen molar-refractivity contribution in [1.82, 2.24) is 16.0 Å². The smallest absolute Gasteiger partial charge is 0.407 e. The molecule has 3 aromatic carbocycles. The third-order valence-electron chi connectivity index (χ3n) is 6.02. The van der Waals surface area contributed by atoms with E-state index in [1.165, 1.54) is 0 Å². The summed E-state index contributed by atoms with van der Waals surface area (Å²) in [6, 6.07) is 22.7. The first kappa shape index (κ1) is 28.9. The number of methoxy groups -OCH3 is 1. The van der Waals surface area contributed by atoms with E-state index in [-0.39, 0.29) is 19.6 Å². The Bertz CT molecular complexity index is 1260. The van der Waals surface area contributed by atoms with Crippen LogP contribution < -0.4 is 20.7 Å². The number of benzene rings is 3. The van der Waals surface area contributed by atoms with Crippen molar-refractivity contribution >= 4 is 23.7 Å². The van der Waals surface area contributed by atoms with E-state index in [1.54, 1.807) is 43.5 Å². The lowest BCUT2D eigenvalue weighted by molar-refractivity contribution is -0.140. The van der Waals surface area contributed by atoms with Crippen LogP contribution in [0.5, 0.6) is 5.75 Å². The molecule has 0 fully saturated rings. The lowest BCUT2D eigenvalue weighted by Gasteiger charge is -2.18. The van der Waals surface area contributed by atoms with Crippen molar-refractivity contribution in [1.29, 1.82) is 0 Å². The SMILES string of the molecule is COc1ccc(CC(NC(=O)CNC(=O)OCc2ccccc2)C(=O)C(=O)NCCc2ccccc2C)cc1. The molecule has 0 saturated carbocycles. The summed E-state index contributed by atoms with van der Waals surface area (Å²) in [7, 11) is 1.54. The minimum Gasteiger partial charge on any atom is -0.497 e. The van der Waals surface area contributed by atoms with Crippen molar-refractivity contribution in [3.05, 3.63) is 101 Å². The number of ketones is 1. The molecular formula is C30H33N3O6. The molecule has 0 aliphatic carbocycles. The minimum absolute atomic E-state index is 0.0511. The summed E-state index contributed by atoms with van der Waals surface area (Å²) in [6.45, 7) is 1.88. The standard InChI is InChI=1S/C30H33N3O6/c1-21-8-6-7-11-24(21)16-17-31-29(36)28(35)26(18-22-12-14-25(38-2)15-13-22)33-27(34)19-32-30(37)39-20-23-9-4-3-5-10-23/h3-15,26H,16-20H2,1-2H3,(H,31,36)(H,32,37)(H,33,34). The maximum atomic E-state index is 13.0.